The van der Waals surface area contributed by atoms with Gasteiger partial charge < -0.3 is 15.1 Å². The Hall–Kier alpha value is -1.10. The lowest BCUT2D eigenvalue weighted by molar-refractivity contribution is -0.142. The number of nitrogens with zero attached hydrogens (tertiary/aromatic N) is 2. The van der Waals surface area contributed by atoms with Gasteiger partial charge in [-0.2, -0.15) is 0 Å². The van der Waals surface area contributed by atoms with E-state index in [-0.39, 0.29) is 18.4 Å². The summed E-state index contributed by atoms with van der Waals surface area (Å²) in [6, 6.07) is 0.348. The maximum atomic E-state index is 12.7. The van der Waals surface area contributed by atoms with Crippen molar-refractivity contribution in [2.75, 3.05) is 32.7 Å². The van der Waals surface area contributed by atoms with Crippen molar-refractivity contribution in [2.24, 2.45) is 0 Å². The zero-order valence-corrected chi connectivity index (χ0v) is 13.3. The first-order valence-electron chi connectivity index (χ1n) is 8.50. The van der Waals surface area contributed by atoms with Crippen molar-refractivity contribution < 1.29 is 9.59 Å². The highest BCUT2D eigenvalue weighted by molar-refractivity contribution is 5.85. The monoisotopic (exact) mass is 295 g/mol. The van der Waals surface area contributed by atoms with Crippen LogP contribution in [0.3, 0.4) is 0 Å². The molecule has 0 aromatic carbocycles. The van der Waals surface area contributed by atoms with Crippen LogP contribution in [0.5, 0.6) is 0 Å². The number of carbonyl (C=O) groups excluding carboxylic acids is 2. The van der Waals surface area contributed by atoms with Crippen LogP contribution in [0.2, 0.25) is 0 Å². The van der Waals surface area contributed by atoms with Crippen molar-refractivity contribution in [2.45, 2.75) is 57.9 Å². The summed E-state index contributed by atoms with van der Waals surface area (Å²) in [4.78, 5) is 28.5. The molecular formula is C16H29N3O2. The fourth-order valence-electron chi connectivity index (χ4n) is 3.33. The van der Waals surface area contributed by atoms with Crippen LogP contribution in [-0.4, -0.2) is 60.4 Å². The molecule has 0 spiro atoms. The smallest absolute Gasteiger partial charge is 0.242 e. The summed E-state index contributed by atoms with van der Waals surface area (Å²) in [5.74, 6) is 0.293. The number of amides is 2. The van der Waals surface area contributed by atoms with Crippen LogP contribution in [0.4, 0.5) is 0 Å². The van der Waals surface area contributed by atoms with E-state index in [1.807, 2.05) is 4.90 Å². The highest BCUT2D eigenvalue weighted by Gasteiger charge is 2.27. The van der Waals surface area contributed by atoms with Crippen LogP contribution in [0, 0.1) is 0 Å². The summed E-state index contributed by atoms with van der Waals surface area (Å²) < 4.78 is 0. The van der Waals surface area contributed by atoms with E-state index < -0.39 is 0 Å². The van der Waals surface area contributed by atoms with E-state index in [0.29, 0.717) is 12.5 Å². The molecule has 0 unspecified atom stereocenters. The standard InChI is InChI=1S/C16H29N3O2/c1-2-11-19(14-7-9-17-10-8-14)16(21)13-18-12-5-3-4-6-15(18)20/h14,17H,2-13H2,1H3. The van der Waals surface area contributed by atoms with E-state index in [9.17, 15) is 9.59 Å². The van der Waals surface area contributed by atoms with E-state index in [4.69, 9.17) is 0 Å². The lowest BCUT2D eigenvalue weighted by Crippen LogP contribution is -2.50. The molecule has 120 valence electrons. The van der Waals surface area contributed by atoms with Gasteiger partial charge in [0.05, 0.1) is 6.54 Å². The van der Waals surface area contributed by atoms with Crippen LogP contribution in [-0.2, 0) is 9.59 Å². The van der Waals surface area contributed by atoms with Gasteiger partial charge in [0, 0.05) is 25.6 Å². The number of hydrogen-bond acceptors (Lipinski definition) is 3. The highest BCUT2D eigenvalue weighted by atomic mass is 16.2. The Balaban J connectivity index is 1.94. The van der Waals surface area contributed by atoms with Crippen LogP contribution < -0.4 is 5.32 Å². The van der Waals surface area contributed by atoms with Crippen molar-refractivity contribution in [3.05, 3.63) is 0 Å². The number of likely N-dealkylation sites (tertiary alicyclic amines) is 1. The molecule has 0 aromatic heterocycles. The molecule has 0 atom stereocenters. The molecule has 2 saturated heterocycles. The minimum atomic E-state index is 0.138. The predicted molar refractivity (Wildman–Crippen MR) is 82.9 cm³/mol. The first-order chi connectivity index (χ1) is 10.2. The highest BCUT2D eigenvalue weighted by Crippen LogP contribution is 2.15. The fraction of sp³-hybridized carbons (Fsp3) is 0.875. The van der Waals surface area contributed by atoms with Crippen molar-refractivity contribution >= 4 is 11.8 Å². The minimum absolute atomic E-state index is 0.138. The first kappa shape index (κ1) is 16.3. The quantitative estimate of drug-likeness (QED) is 0.833. The van der Waals surface area contributed by atoms with Gasteiger partial charge in [-0.15, -0.1) is 0 Å². The zero-order chi connectivity index (χ0) is 15.1. The predicted octanol–water partition coefficient (Wildman–Crippen LogP) is 1.38. The topological polar surface area (TPSA) is 52.7 Å². The van der Waals surface area contributed by atoms with Gasteiger partial charge in [-0.3, -0.25) is 9.59 Å². The summed E-state index contributed by atoms with van der Waals surface area (Å²) >= 11 is 0. The third-order valence-electron chi connectivity index (χ3n) is 4.53. The average molecular weight is 295 g/mol. The van der Waals surface area contributed by atoms with E-state index in [1.165, 1.54) is 0 Å². The Morgan fingerprint density at radius 1 is 1.29 bits per heavy atom. The molecule has 0 bridgehead atoms. The van der Waals surface area contributed by atoms with E-state index >= 15 is 0 Å². The Kier molecular flexibility index (Phi) is 6.49. The maximum absolute atomic E-state index is 12.7. The van der Waals surface area contributed by atoms with Crippen LogP contribution in [0.1, 0.15) is 51.9 Å². The van der Waals surface area contributed by atoms with E-state index in [2.05, 4.69) is 12.2 Å². The molecule has 2 aliphatic rings. The summed E-state index contributed by atoms with van der Waals surface area (Å²) in [5, 5.41) is 3.34. The SMILES string of the molecule is CCCN(C(=O)CN1CCCCCC1=O)C1CCNCC1. The van der Waals surface area contributed by atoms with Gasteiger partial charge in [-0.1, -0.05) is 13.3 Å². The molecule has 2 rings (SSSR count). The Morgan fingerprint density at radius 3 is 2.76 bits per heavy atom. The van der Waals surface area contributed by atoms with Gasteiger partial charge in [-0.05, 0) is 45.2 Å². The second-order valence-electron chi connectivity index (χ2n) is 6.19. The second-order valence-corrected chi connectivity index (χ2v) is 6.19. The molecule has 2 fully saturated rings. The number of hydrogen-bond donors (Lipinski definition) is 1. The lowest BCUT2D eigenvalue weighted by atomic mass is 10.0. The third kappa shape index (κ3) is 4.70. The maximum Gasteiger partial charge on any atom is 0.242 e. The van der Waals surface area contributed by atoms with Gasteiger partial charge in [0.2, 0.25) is 11.8 Å². The molecule has 21 heavy (non-hydrogen) atoms. The molecule has 2 aliphatic heterocycles. The molecular weight excluding hydrogens is 266 g/mol. The van der Waals surface area contributed by atoms with Crippen molar-refractivity contribution in [3.63, 3.8) is 0 Å². The van der Waals surface area contributed by atoms with Crippen molar-refractivity contribution in [1.29, 1.82) is 0 Å². The number of carbonyl (C=O) groups is 2. The van der Waals surface area contributed by atoms with Gasteiger partial charge in [0.1, 0.15) is 0 Å². The number of nitrogens with one attached hydrogen (secondary N) is 1. The van der Waals surface area contributed by atoms with Crippen LogP contribution >= 0.6 is 0 Å². The van der Waals surface area contributed by atoms with Crippen molar-refractivity contribution in [1.82, 2.24) is 15.1 Å². The van der Waals surface area contributed by atoms with Gasteiger partial charge in [-0.25, -0.2) is 0 Å². The number of piperidine rings is 1. The van der Waals surface area contributed by atoms with E-state index in [0.717, 1.165) is 64.7 Å². The molecule has 1 N–H and O–H groups in total. The summed E-state index contributed by atoms with van der Waals surface area (Å²) in [6.07, 6.45) is 6.73. The third-order valence-corrected chi connectivity index (χ3v) is 4.53. The zero-order valence-electron chi connectivity index (χ0n) is 13.3. The van der Waals surface area contributed by atoms with Crippen LogP contribution in [0.25, 0.3) is 0 Å². The molecule has 0 saturated carbocycles. The number of rotatable bonds is 5. The molecule has 5 heteroatoms. The van der Waals surface area contributed by atoms with Gasteiger partial charge >= 0.3 is 0 Å². The average Bonchev–Trinajstić information content (AvgIpc) is 2.70. The molecule has 2 heterocycles. The van der Waals surface area contributed by atoms with Gasteiger partial charge in [0.25, 0.3) is 0 Å². The van der Waals surface area contributed by atoms with Crippen LogP contribution in [0.15, 0.2) is 0 Å². The summed E-state index contributed by atoms with van der Waals surface area (Å²) in [7, 11) is 0. The lowest BCUT2D eigenvalue weighted by Gasteiger charge is -2.36. The fourth-order valence-corrected chi connectivity index (χ4v) is 3.33. The first-order valence-corrected chi connectivity index (χ1v) is 8.50. The molecule has 0 radical (unpaired) electrons. The molecule has 5 nitrogen and oxygen atoms in total. The Morgan fingerprint density at radius 2 is 2.05 bits per heavy atom. The normalized spacial score (nSPS) is 21.2. The van der Waals surface area contributed by atoms with E-state index in [1.54, 1.807) is 4.90 Å². The summed E-state index contributed by atoms with van der Waals surface area (Å²) in [5.41, 5.74) is 0. The summed E-state index contributed by atoms with van der Waals surface area (Å²) in [6.45, 7) is 5.92. The van der Waals surface area contributed by atoms with Gasteiger partial charge in [0.15, 0.2) is 0 Å². The Bertz CT molecular complexity index is 353. The second kappa shape index (κ2) is 8.37. The minimum Gasteiger partial charge on any atom is -0.338 e. The van der Waals surface area contributed by atoms with Crippen molar-refractivity contribution in [3.8, 4) is 0 Å². The molecule has 2 amide bonds. The molecule has 0 aromatic rings. The Labute approximate surface area is 128 Å². The molecule has 0 aliphatic carbocycles. The largest absolute Gasteiger partial charge is 0.338 e.